The fourth-order valence-corrected chi connectivity index (χ4v) is 1.98. The van der Waals surface area contributed by atoms with Crippen LogP contribution in [0.5, 0.6) is 0 Å². The van der Waals surface area contributed by atoms with E-state index in [0.717, 1.165) is 5.56 Å². The zero-order chi connectivity index (χ0) is 15.2. The van der Waals surface area contributed by atoms with Gasteiger partial charge in [0.05, 0.1) is 18.7 Å². The van der Waals surface area contributed by atoms with Gasteiger partial charge in [0.25, 0.3) is 0 Å². The van der Waals surface area contributed by atoms with E-state index in [1.165, 1.54) is 17.0 Å². The Kier molecular flexibility index (Phi) is 5.05. The molecule has 1 N–H and O–H groups in total. The second-order valence-corrected chi connectivity index (χ2v) is 4.78. The van der Waals surface area contributed by atoms with E-state index in [9.17, 15) is 9.18 Å². The largest absolute Gasteiger partial charge is 0.395 e. The summed E-state index contributed by atoms with van der Waals surface area (Å²) in [4.78, 5) is 13.7. The molecule has 21 heavy (non-hydrogen) atoms. The molecule has 0 aliphatic rings. The molecule has 112 valence electrons. The number of aromatic nitrogens is 1. The van der Waals surface area contributed by atoms with Crippen LogP contribution in [0.1, 0.15) is 17.0 Å². The molecule has 1 amide bonds. The minimum Gasteiger partial charge on any atom is -0.395 e. The molecule has 0 aliphatic carbocycles. The van der Waals surface area contributed by atoms with Gasteiger partial charge in [-0.15, -0.1) is 0 Å². The summed E-state index contributed by atoms with van der Waals surface area (Å²) < 4.78 is 17.9. The topological polar surface area (TPSA) is 66.6 Å². The van der Waals surface area contributed by atoms with Crippen LogP contribution in [-0.4, -0.2) is 34.2 Å². The summed E-state index contributed by atoms with van der Waals surface area (Å²) in [6.45, 7) is 2.17. The fraction of sp³-hybridized carbons (Fsp3) is 0.333. The predicted molar refractivity (Wildman–Crippen MR) is 73.8 cm³/mol. The number of amides is 1. The molecule has 0 saturated heterocycles. The number of aliphatic hydroxyl groups excluding tert-OH is 1. The molecule has 0 bridgehead atoms. The molecular formula is C15H17FN2O3. The van der Waals surface area contributed by atoms with E-state index >= 15 is 0 Å². The Morgan fingerprint density at radius 3 is 2.67 bits per heavy atom. The Morgan fingerprint density at radius 2 is 2.10 bits per heavy atom. The molecular weight excluding hydrogens is 275 g/mol. The number of rotatable bonds is 6. The van der Waals surface area contributed by atoms with E-state index in [1.54, 1.807) is 25.1 Å². The first kappa shape index (κ1) is 15.2. The molecule has 0 radical (unpaired) electrons. The molecule has 5 nitrogen and oxygen atoms in total. The minimum atomic E-state index is -0.323. The third-order valence-electron chi connectivity index (χ3n) is 3.01. The van der Waals surface area contributed by atoms with E-state index in [-0.39, 0.29) is 31.3 Å². The maximum absolute atomic E-state index is 12.9. The number of carbonyl (C=O) groups is 1. The maximum Gasteiger partial charge on any atom is 0.230 e. The molecule has 0 atom stereocenters. The van der Waals surface area contributed by atoms with Gasteiger partial charge in [0.2, 0.25) is 5.91 Å². The summed E-state index contributed by atoms with van der Waals surface area (Å²) in [7, 11) is 0. The van der Waals surface area contributed by atoms with Crippen molar-refractivity contribution in [2.45, 2.75) is 19.9 Å². The van der Waals surface area contributed by atoms with Crippen LogP contribution in [0.3, 0.4) is 0 Å². The van der Waals surface area contributed by atoms with Gasteiger partial charge in [-0.3, -0.25) is 4.79 Å². The lowest BCUT2D eigenvalue weighted by Gasteiger charge is -2.21. The van der Waals surface area contributed by atoms with Gasteiger partial charge >= 0.3 is 0 Å². The SMILES string of the molecule is Cc1cc(CC(=O)N(CCO)Cc2ccc(F)cc2)on1. The smallest absolute Gasteiger partial charge is 0.230 e. The number of nitrogens with zero attached hydrogens (tertiary/aromatic N) is 2. The van der Waals surface area contributed by atoms with Crippen molar-refractivity contribution in [3.8, 4) is 0 Å². The zero-order valence-electron chi connectivity index (χ0n) is 11.8. The van der Waals surface area contributed by atoms with Crippen LogP contribution in [0.25, 0.3) is 0 Å². The number of aryl methyl sites for hydroxylation is 1. The van der Waals surface area contributed by atoms with Gasteiger partial charge < -0.3 is 14.5 Å². The van der Waals surface area contributed by atoms with Gasteiger partial charge in [-0.05, 0) is 24.6 Å². The van der Waals surface area contributed by atoms with Gasteiger partial charge in [0.1, 0.15) is 11.6 Å². The van der Waals surface area contributed by atoms with Crippen molar-refractivity contribution < 1.29 is 18.8 Å². The average molecular weight is 292 g/mol. The van der Waals surface area contributed by atoms with Crippen molar-refractivity contribution in [2.24, 2.45) is 0 Å². The van der Waals surface area contributed by atoms with Gasteiger partial charge in [0.15, 0.2) is 0 Å². The Labute approximate surface area is 122 Å². The summed E-state index contributed by atoms with van der Waals surface area (Å²) in [6, 6.07) is 7.62. The summed E-state index contributed by atoms with van der Waals surface area (Å²) in [5.41, 5.74) is 1.51. The first-order chi connectivity index (χ1) is 10.1. The quantitative estimate of drug-likeness (QED) is 0.879. The van der Waals surface area contributed by atoms with E-state index in [2.05, 4.69) is 5.16 Å². The molecule has 2 aromatic rings. The van der Waals surface area contributed by atoms with E-state index < -0.39 is 0 Å². The Balaban J connectivity index is 2.03. The number of benzene rings is 1. The number of halogens is 1. The first-order valence-corrected chi connectivity index (χ1v) is 6.64. The first-order valence-electron chi connectivity index (χ1n) is 6.64. The maximum atomic E-state index is 12.9. The second kappa shape index (κ2) is 6.99. The summed E-state index contributed by atoms with van der Waals surface area (Å²) >= 11 is 0. The summed E-state index contributed by atoms with van der Waals surface area (Å²) in [5, 5.41) is 12.8. The van der Waals surface area contributed by atoms with Crippen molar-refractivity contribution in [3.05, 3.63) is 53.2 Å². The molecule has 0 saturated carbocycles. The lowest BCUT2D eigenvalue weighted by molar-refractivity contribution is -0.131. The molecule has 0 fully saturated rings. The monoisotopic (exact) mass is 292 g/mol. The van der Waals surface area contributed by atoms with Gasteiger partial charge in [-0.2, -0.15) is 0 Å². The molecule has 1 aromatic heterocycles. The number of hydrogen-bond acceptors (Lipinski definition) is 4. The second-order valence-electron chi connectivity index (χ2n) is 4.78. The standard InChI is InChI=1S/C15H17FN2O3/c1-11-8-14(21-17-11)9-15(20)18(6-7-19)10-12-2-4-13(16)5-3-12/h2-5,8,19H,6-7,9-10H2,1H3. The van der Waals surface area contributed by atoms with Crippen LogP contribution in [0.4, 0.5) is 4.39 Å². The number of carbonyl (C=O) groups excluding carboxylic acids is 1. The van der Waals surface area contributed by atoms with Crippen LogP contribution in [0.2, 0.25) is 0 Å². The molecule has 6 heteroatoms. The number of hydrogen-bond donors (Lipinski definition) is 1. The zero-order valence-corrected chi connectivity index (χ0v) is 11.8. The summed E-state index contributed by atoms with van der Waals surface area (Å²) in [6.07, 6.45) is 0.0854. The highest BCUT2D eigenvalue weighted by Gasteiger charge is 2.16. The number of aliphatic hydroxyl groups is 1. The summed E-state index contributed by atoms with van der Waals surface area (Å²) in [5.74, 6) is -0.0139. The highest BCUT2D eigenvalue weighted by atomic mass is 19.1. The third-order valence-corrected chi connectivity index (χ3v) is 3.01. The molecule has 1 aromatic carbocycles. The Morgan fingerprint density at radius 1 is 1.38 bits per heavy atom. The highest BCUT2D eigenvalue weighted by Crippen LogP contribution is 2.10. The minimum absolute atomic E-state index is 0.0854. The van der Waals surface area contributed by atoms with Gasteiger partial charge in [-0.1, -0.05) is 17.3 Å². The van der Waals surface area contributed by atoms with Crippen LogP contribution < -0.4 is 0 Å². The van der Waals surface area contributed by atoms with Crippen LogP contribution in [0, 0.1) is 12.7 Å². The van der Waals surface area contributed by atoms with Crippen molar-refractivity contribution in [2.75, 3.05) is 13.2 Å². The third kappa shape index (κ3) is 4.39. The Bertz CT molecular complexity index is 595. The molecule has 0 spiro atoms. The van der Waals surface area contributed by atoms with Crippen molar-refractivity contribution in [1.29, 1.82) is 0 Å². The van der Waals surface area contributed by atoms with Gasteiger partial charge in [0, 0.05) is 19.2 Å². The molecule has 1 heterocycles. The van der Waals surface area contributed by atoms with Crippen LogP contribution in [-0.2, 0) is 17.8 Å². The normalized spacial score (nSPS) is 10.6. The van der Waals surface area contributed by atoms with Crippen molar-refractivity contribution in [1.82, 2.24) is 10.1 Å². The van der Waals surface area contributed by atoms with Crippen molar-refractivity contribution >= 4 is 5.91 Å². The van der Waals surface area contributed by atoms with Crippen LogP contribution in [0.15, 0.2) is 34.9 Å². The lowest BCUT2D eigenvalue weighted by Crippen LogP contribution is -2.34. The lowest BCUT2D eigenvalue weighted by atomic mass is 10.2. The molecule has 2 rings (SSSR count). The Hall–Kier alpha value is -2.21. The molecule has 0 unspecified atom stereocenters. The van der Waals surface area contributed by atoms with E-state index in [0.29, 0.717) is 18.0 Å². The predicted octanol–water partition coefficient (Wildman–Crippen LogP) is 1.69. The van der Waals surface area contributed by atoms with E-state index in [1.807, 2.05) is 0 Å². The molecule has 0 aliphatic heterocycles. The highest BCUT2D eigenvalue weighted by molar-refractivity contribution is 5.78. The van der Waals surface area contributed by atoms with Gasteiger partial charge in [-0.25, -0.2) is 4.39 Å². The van der Waals surface area contributed by atoms with E-state index in [4.69, 9.17) is 9.63 Å². The average Bonchev–Trinajstić information content (AvgIpc) is 2.86. The van der Waals surface area contributed by atoms with Crippen LogP contribution >= 0.6 is 0 Å². The fourth-order valence-electron chi connectivity index (χ4n) is 1.98. The van der Waals surface area contributed by atoms with Crippen molar-refractivity contribution in [3.63, 3.8) is 0 Å².